The van der Waals surface area contributed by atoms with Gasteiger partial charge in [-0.3, -0.25) is 0 Å². The summed E-state index contributed by atoms with van der Waals surface area (Å²) in [6.45, 7) is 4.00. The van der Waals surface area contributed by atoms with Gasteiger partial charge in [-0.2, -0.15) is 4.98 Å². The van der Waals surface area contributed by atoms with Crippen molar-refractivity contribution < 1.29 is 14.0 Å². The monoisotopic (exact) mass is 234 g/mol. The van der Waals surface area contributed by atoms with Gasteiger partial charge in [-0.25, -0.2) is 0 Å². The fraction of sp³-hybridized carbons (Fsp3) is 0.333. The summed E-state index contributed by atoms with van der Waals surface area (Å²) in [6, 6.07) is 5.61. The molecule has 2 aromatic rings. The van der Waals surface area contributed by atoms with Crippen LogP contribution in [0.4, 0.5) is 0 Å². The highest BCUT2D eigenvalue weighted by Crippen LogP contribution is 2.23. The largest absolute Gasteiger partial charge is 0.496 e. The third-order valence-corrected chi connectivity index (χ3v) is 2.30. The van der Waals surface area contributed by atoms with Crippen LogP contribution in [0, 0.1) is 13.8 Å². The van der Waals surface area contributed by atoms with Gasteiger partial charge < -0.3 is 14.0 Å². The van der Waals surface area contributed by atoms with Gasteiger partial charge >= 0.3 is 0 Å². The second kappa shape index (κ2) is 4.86. The van der Waals surface area contributed by atoms with Gasteiger partial charge in [0.1, 0.15) is 11.5 Å². The predicted octanol–water partition coefficient (Wildman–Crippen LogP) is 2.27. The highest BCUT2D eigenvalue weighted by atomic mass is 16.5. The maximum absolute atomic E-state index is 5.53. The van der Waals surface area contributed by atoms with E-state index in [9.17, 15) is 0 Å². The summed E-state index contributed by atoms with van der Waals surface area (Å²) in [5.74, 6) is 2.66. The molecule has 1 heterocycles. The first kappa shape index (κ1) is 11.4. The van der Waals surface area contributed by atoms with Gasteiger partial charge in [0.05, 0.1) is 7.11 Å². The maximum Gasteiger partial charge on any atom is 0.264 e. The Bertz CT molecular complexity index is 508. The summed E-state index contributed by atoms with van der Waals surface area (Å²) in [5, 5.41) is 3.69. The Kier molecular flexibility index (Phi) is 3.27. The summed E-state index contributed by atoms with van der Waals surface area (Å²) in [6.07, 6.45) is 0. The molecule has 90 valence electrons. The van der Waals surface area contributed by atoms with E-state index in [4.69, 9.17) is 14.0 Å². The van der Waals surface area contributed by atoms with E-state index in [1.165, 1.54) is 0 Å². The SMILES string of the molecule is COc1ccc(OCc2nc(C)no2)cc1C. The van der Waals surface area contributed by atoms with Crippen molar-refractivity contribution >= 4 is 0 Å². The zero-order valence-corrected chi connectivity index (χ0v) is 10.1. The van der Waals surface area contributed by atoms with Crippen LogP contribution in [0.3, 0.4) is 0 Å². The zero-order valence-electron chi connectivity index (χ0n) is 10.1. The van der Waals surface area contributed by atoms with Crippen LogP contribution < -0.4 is 9.47 Å². The molecule has 0 saturated carbocycles. The molecule has 0 N–H and O–H groups in total. The normalized spacial score (nSPS) is 10.3. The Morgan fingerprint density at radius 3 is 2.71 bits per heavy atom. The van der Waals surface area contributed by atoms with Crippen molar-refractivity contribution in [3.63, 3.8) is 0 Å². The molecular formula is C12H14N2O3. The van der Waals surface area contributed by atoms with Crippen molar-refractivity contribution in [1.29, 1.82) is 0 Å². The Labute approximate surface area is 99.4 Å². The van der Waals surface area contributed by atoms with Crippen LogP contribution in [0.1, 0.15) is 17.3 Å². The van der Waals surface area contributed by atoms with Crippen LogP contribution in [-0.2, 0) is 6.61 Å². The van der Waals surface area contributed by atoms with E-state index >= 15 is 0 Å². The van der Waals surface area contributed by atoms with Crippen molar-refractivity contribution in [3.05, 3.63) is 35.5 Å². The van der Waals surface area contributed by atoms with Crippen molar-refractivity contribution in [1.82, 2.24) is 10.1 Å². The molecular weight excluding hydrogens is 220 g/mol. The molecule has 0 atom stereocenters. The van der Waals surface area contributed by atoms with Crippen LogP contribution in [0.2, 0.25) is 0 Å². The molecule has 2 rings (SSSR count). The summed E-state index contributed by atoms with van der Waals surface area (Å²) in [7, 11) is 1.64. The fourth-order valence-corrected chi connectivity index (χ4v) is 1.48. The molecule has 0 saturated heterocycles. The van der Waals surface area contributed by atoms with Gasteiger partial charge in [0.2, 0.25) is 0 Å². The molecule has 0 spiro atoms. The van der Waals surface area contributed by atoms with E-state index in [0.29, 0.717) is 11.7 Å². The fourth-order valence-electron chi connectivity index (χ4n) is 1.48. The molecule has 0 fully saturated rings. The highest BCUT2D eigenvalue weighted by molar-refractivity contribution is 5.39. The third-order valence-electron chi connectivity index (χ3n) is 2.30. The van der Waals surface area contributed by atoms with Crippen LogP contribution in [0.25, 0.3) is 0 Å². The number of methoxy groups -OCH3 is 1. The van der Waals surface area contributed by atoms with Gasteiger partial charge in [0.15, 0.2) is 12.4 Å². The minimum absolute atomic E-state index is 0.270. The van der Waals surface area contributed by atoms with Crippen LogP contribution in [-0.4, -0.2) is 17.3 Å². The lowest BCUT2D eigenvalue weighted by molar-refractivity contribution is 0.242. The van der Waals surface area contributed by atoms with Crippen LogP contribution in [0.15, 0.2) is 22.7 Å². The number of rotatable bonds is 4. The first-order valence-electron chi connectivity index (χ1n) is 5.25. The molecule has 0 aliphatic carbocycles. The minimum Gasteiger partial charge on any atom is -0.496 e. The van der Waals surface area contributed by atoms with Crippen molar-refractivity contribution in [3.8, 4) is 11.5 Å². The topological polar surface area (TPSA) is 57.4 Å². The first-order chi connectivity index (χ1) is 8.19. The molecule has 0 amide bonds. The van der Waals surface area contributed by atoms with Crippen LogP contribution >= 0.6 is 0 Å². The van der Waals surface area contributed by atoms with Crippen LogP contribution in [0.5, 0.6) is 11.5 Å². The van der Waals surface area contributed by atoms with E-state index in [1.54, 1.807) is 14.0 Å². The number of nitrogens with zero attached hydrogens (tertiary/aromatic N) is 2. The Balaban J connectivity index is 2.02. The average molecular weight is 234 g/mol. The Hall–Kier alpha value is -2.04. The average Bonchev–Trinajstić information content (AvgIpc) is 2.73. The molecule has 17 heavy (non-hydrogen) atoms. The predicted molar refractivity (Wildman–Crippen MR) is 61.1 cm³/mol. The first-order valence-corrected chi connectivity index (χ1v) is 5.25. The van der Waals surface area contributed by atoms with Gasteiger partial charge in [-0.15, -0.1) is 0 Å². The van der Waals surface area contributed by atoms with Gasteiger partial charge in [0.25, 0.3) is 5.89 Å². The van der Waals surface area contributed by atoms with E-state index in [2.05, 4.69) is 10.1 Å². The molecule has 0 radical (unpaired) electrons. The molecule has 0 bridgehead atoms. The molecule has 0 unspecified atom stereocenters. The standard InChI is InChI=1S/C12H14N2O3/c1-8-6-10(4-5-11(8)15-3)16-7-12-13-9(2)14-17-12/h4-6H,7H2,1-3H3. The Morgan fingerprint density at radius 1 is 1.29 bits per heavy atom. The number of benzene rings is 1. The molecule has 0 aliphatic rings. The van der Waals surface area contributed by atoms with E-state index in [0.717, 1.165) is 17.1 Å². The molecule has 0 aliphatic heterocycles. The van der Waals surface area contributed by atoms with E-state index in [-0.39, 0.29) is 6.61 Å². The summed E-state index contributed by atoms with van der Waals surface area (Å²) >= 11 is 0. The second-order valence-electron chi connectivity index (χ2n) is 3.66. The lowest BCUT2D eigenvalue weighted by atomic mass is 10.2. The molecule has 1 aromatic heterocycles. The quantitative estimate of drug-likeness (QED) is 0.812. The van der Waals surface area contributed by atoms with Crippen molar-refractivity contribution in [2.75, 3.05) is 7.11 Å². The van der Waals surface area contributed by atoms with Gasteiger partial charge in [-0.1, -0.05) is 5.16 Å². The lowest BCUT2D eigenvalue weighted by Crippen LogP contribution is -1.96. The Morgan fingerprint density at radius 2 is 2.12 bits per heavy atom. The smallest absolute Gasteiger partial charge is 0.264 e. The van der Waals surface area contributed by atoms with Gasteiger partial charge in [0, 0.05) is 0 Å². The number of aromatic nitrogens is 2. The second-order valence-corrected chi connectivity index (χ2v) is 3.66. The third kappa shape index (κ3) is 2.75. The maximum atomic E-state index is 5.53. The zero-order chi connectivity index (χ0) is 12.3. The number of aryl methyl sites for hydroxylation is 2. The molecule has 5 heteroatoms. The van der Waals surface area contributed by atoms with E-state index < -0.39 is 0 Å². The van der Waals surface area contributed by atoms with E-state index in [1.807, 2.05) is 25.1 Å². The summed E-state index contributed by atoms with van der Waals surface area (Å²) in [4.78, 5) is 4.05. The molecule has 5 nitrogen and oxygen atoms in total. The minimum atomic E-state index is 0.270. The number of hydrogen-bond donors (Lipinski definition) is 0. The van der Waals surface area contributed by atoms with Gasteiger partial charge in [-0.05, 0) is 37.6 Å². The molecule has 1 aromatic carbocycles. The number of ether oxygens (including phenoxy) is 2. The number of hydrogen-bond acceptors (Lipinski definition) is 5. The van der Waals surface area contributed by atoms with Crippen molar-refractivity contribution in [2.45, 2.75) is 20.5 Å². The highest BCUT2D eigenvalue weighted by Gasteiger charge is 2.05. The van der Waals surface area contributed by atoms with Crippen molar-refractivity contribution in [2.24, 2.45) is 0 Å². The lowest BCUT2D eigenvalue weighted by Gasteiger charge is -2.07. The summed E-state index contributed by atoms with van der Waals surface area (Å²) < 4.78 is 15.7. The summed E-state index contributed by atoms with van der Waals surface area (Å²) in [5.41, 5.74) is 1.02.